The van der Waals surface area contributed by atoms with Gasteiger partial charge in [-0.05, 0) is 24.0 Å². The summed E-state index contributed by atoms with van der Waals surface area (Å²) in [7, 11) is 0. The summed E-state index contributed by atoms with van der Waals surface area (Å²) in [4.78, 5) is 0. The Morgan fingerprint density at radius 2 is 2.30 bits per heavy atom. The van der Waals surface area contributed by atoms with E-state index in [1.807, 2.05) is 0 Å². The van der Waals surface area contributed by atoms with E-state index in [1.54, 1.807) is 0 Å². The fraction of sp³-hybridized carbons (Fsp3) is 1.00. The molecule has 2 heterocycles. The van der Waals surface area contributed by atoms with Gasteiger partial charge in [0.1, 0.15) is 0 Å². The lowest BCUT2D eigenvalue weighted by Gasteiger charge is -2.19. The first-order chi connectivity index (χ1) is 4.81. The maximum Gasteiger partial charge on any atom is 0.0201 e. The van der Waals surface area contributed by atoms with Crippen molar-refractivity contribution in [3.05, 3.63) is 0 Å². The van der Waals surface area contributed by atoms with Crippen LogP contribution >= 0.6 is 34.6 Å². The summed E-state index contributed by atoms with van der Waals surface area (Å²) in [5.41, 5.74) is 0.742. The molecular weight excluding hydrogens is 257 g/mol. The van der Waals surface area contributed by atoms with Crippen molar-refractivity contribution < 1.29 is 0 Å². The van der Waals surface area contributed by atoms with Crippen LogP contribution < -0.4 is 0 Å². The Kier molecular flexibility index (Phi) is 2.17. The Labute approximate surface area is 80.4 Å². The lowest BCUT2D eigenvalue weighted by Crippen LogP contribution is -2.21. The Bertz CT molecular complexity index is 134. The molecule has 2 fully saturated rings. The molecule has 3 heteroatoms. The number of rotatable bonds is 0. The molecule has 0 aromatic heterocycles. The molecular formula is C7H12INS. The maximum atomic E-state index is 2.46. The number of halogens is 1. The van der Waals surface area contributed by atoms with Gasteiger partial charge < -0.3 is 0 Å². The van der Waals surface area contributed by atoms with Crippen LogP contribution in [0.5, 0.6) is 0 Å². The van der Waals surface area contributed by atoms with Crippen molar-refractivity contribution in [2.45, 2.75) is 12.8 Å². The monoisotopic (exact) mass is 269 g/mol. The molecule has 2 aliphatic heterocycles. The quantitative estimate of drug-likeness (QED) is 0.490. The predicted molar refractivity (Wildman–Crippen MR) is 54.6 cm³/mol. The molecule has 0 aliphatic carbocycles. The van der Waals surface area contributed by atoms with Crippen molar-refractivity contribution in [2.75, 3.05) is 24.6 Å². The lowest BCUT2D eigenvalue weighted by molar-refractivity contribution is 0.364. The molecule has 0 radical (unpaired) electrons. The average Bonchev–Trinajstić information content (AvgIpc) is 2.46. The zero-order valence-electron chi connectivity index (χ0n) is 5.98. The van der Waals surface area contributed by atoms with E-state index in [9.17, 15) is 0 Å². The number of hydrogen-bond acceptors (Lipinski definition) is 2. The van der Waals surface area contributed by atoms with E-state index >= 15 is 0 Å². The van der Waals surface area contributed by atoms with Gasteiger partial charge in [0.15, 0.2) is 0 Å². The third-order valence-corrected chi connectivity index (χ3v) is 4.71. The van der Waals surface area contributed by atoms with E-state index in [0.29, 0.717) is 0 Å². The number of hydrogen-bond donors (Lipinski definition) is 0. The fourth-order valence-electron chi connectivity index (χ4n) is 1.85. The predicted octanol–water partition coefficient (Wildman–Crippen LogP) is 2.17. The van der Waals surface area contributed by atoms with Crippen LogP contribution in [0.15, 0.2) is 0 Å². The van der Waals surface area contributed by atoms with E-state index in [-0.39, 0.29) is 0 Å². The second-order valence-electron chi connectivity index (χ2n) is 3.40. The molecule has 2 saturated heterocycles. The molecule has 0 amide bonds. The molecule has 1 spiro atoms. The third kappa shape index (κ3) is 1.32. The molecule has 10 heavy (non-hydrogen) atoms. The zero-order chi connectivity index (χ0) is 7.03. The lowest BCUT2D eigenvalue weighted by atomic mass is 9.87. The summed E-state index contributed by atoms with van der Waals surface area (Å²) in [5, 5.41) is 0. The van der Waals surface area contributed by atoms with Crippen LogP contribution in [0.2, 0.25) is 0 Å². The summed E-state index contributed by atoms with van der Waals surface area (Å²) in [6.07, 6.45) is 2.92. The molecule has 0 aromatic carbocycles. The number of nitrogens with zero attached hydrogens (tertiary/aromatic N) is 1. The second-order valence-corrected chi connectivity index (χ2v) is 5.87. The van der Waals surface area contributed by atoms with Crippen molar-refractivity contribution in [1.82, 2.24) is 3.11 Å². The molecule has 0 bridgehead atoms. The standard InChI is InChI=1S/C7H12INS/c8-9-3-1-7(5-9)2-4-10-6-7/h1-6H2. The summed E-state index contributed by atoms with van der Waals surface area (Å²) in [6.45, 7) is 2.67. The van der Waals surface area contributed by atoms with Crippen LogP contribution in [0.3, 0.4) is 0 Å². The molecule has 0 N–H and O–H groups in total. The Morgan fingerprint density at radius 1 is 1.40 bits per heavy atom. The van der Waals surface area contributed by atoms with E-state index < -0.39 is 0 Å². The SMILES string of the molecule is IN1CCC2(CCSC2)C1. The summed E-state index contributed by atoms with van der Waals surface area (Å²) in [6, 6.07) is 0. The minimum Gasteiger partial charge on any atom is -0.247 e. The van der Waals surface area contributed by atoms with Gasteiger partial charge in [-0.25, -0.2) is 3.11 Å². The molecule has 2 aliphatic rings. The molecule has 58 valence electrons. The molecule has 0 aromatic rings. The summed E-state index contributed by atoms with van der Waals surface area (Å²) < 4.78 is 2.45. The average molecular weight is 269 g/mol. The van der Waals surface area contributed by atoms with Gasteiger partial charge in [-0.1, -0.05) is 0 Å². The van der Waals surface area contributed by atoms with Gasteiger partial charge in [-0.15, -0.1) is 0 Å². The van der Waals surface area contributed by atoms with E-state index in [1.165, 1.54) is 37.4 Å². The van der Waals surface area contributed by atoms with Crippen molar-refractivity contribution in [2.24, 2.45) is 5.41 Å². The molecule has 1 nitrogen and oxygen atoms in total. The summed E-state index contributed by atoms with van der Waals surface area (Å²) >= 11 is 4.60. The Morgan fingerprint density at radius 3 is 2.80 bits per heavy atom. The van der Waals surface area contributed by atoms with Crippen LogP contribution in [0.1, 0.15) is 12.8 Å². The van der Waals surface area contributed by atoms with Gasteiger partial charge in [0.25, 0.3) is 0 Å². The van der Waals surface area contributed by atoms with Gasteiger partial charge in [0, 0.05) is 41.7 Å². The van der Waals surface area contributed by atoms with E-state index in [4.69, 9.17) is 0 Å². The highest BCUT2D eigenvalue weighted by atomic mass is 127. The van der Waals surface area contributed by atoms with Crippen LogP contribution in [0.4, 0.5) is 0 Å². The van der Waals surface area contributed by atoms with E-state index in [2.05, 4.69) is 37.7 Å². The maximum absolute atomic E-state index is 2.46. The molecule has 2 rings (SSSR count). The zero-order valence-corrected chi connectivity index (χ0v) is 8.95. The normalized spacial score (nSPS) is 41.7. The number of thioether (sulfide) groups is 1. The third-order valence-electron chi connectivity index (χ3n) is 2.58. The van der Waals surface area contributed by atoms with Gasteiger partial charge in [0.05, 0.1) is 0 Å². The first kappa shape index (κ1) is 7.68. The van der Waals surface area contributed by atoms with Crippen molar-refractivity contribution in [3.63, 3.8) is 0 Å². The smallest absolute Gasteiger partial charge is 0.0201 e. The van der Waals surface area contributed by atoms with Crippen molar-refractivity contribution in [3.8, 4) is 0 Å². The van der Waals surface area contributed by atoms with Crippen molar-refractivity contribution >= 4 is 34.6 Å². The Balaban J connectivity index is 2.03. The minimum atomic E-state index is 0.742. The van der Waals surface area contributed by atoms with Gasteiger partial charge >= 0.3 is 0 Å². The Hall–Kier alpha value is 1.04. The highest BCUT2D eigenvalue weighted by molar-refractivity contribution is 14.1. The highest BCUT2D eigenvalue weighted by Crippen LogP contribution is 2.43. The van der Waals surface area contributed by atoms with Crippen LogP contribution in [0.25, 0.3) is 0 Å². The first-order valence-electron chi connectivity index (χ1n) is 3.79. The van der Waals surface area contributed by atoms with Gasteiger partial charge in [-0.3, -0.25) is 0 Å². The largest absolute Gasteiger partial charge is 0.247 e. The first-order valence-corrected chi connectivity index (χ1v) is 5.91. The second kappa shape index (κ2) is 2.83. The van der Waals surface area contributed by atoms with E-state index in [0.717, 1.165) is 5.41 Å². The summed E-state index contributed by atoms with van der Waals surface area (Å²) in [5.74, 6) is 2.83. The van der Waals surface area contributed by atoms with Crippen LogP contribution in [0, 0.1) is 5.41 Å². The fourth-order valence-corrected chi connectivity index (χ4v) is 4.35. The molecule has 0 saturated carbocycles. The van der Waals surface area contributed by atoms with Gasteiger partial charge in [0.2, 0.25) is 0 Å². The van der Waals surface area contributed by atoms with Crippen LogP contribution in [-0.4, -0.2) is 27.7 Å². The van der Waals surface area contributed by atoms with Crippen LogP contribution in [-0.2, 0) is 0 Å². The van der Waals surface area contributed by atoms with Crippen molar-refractivity contribution in [1.29, 1.82) is 0 Å². The van der Waals surface area contributed by atoms with Gasteiger partial charge in [-0.2, -0.15) is 11.8 Å². The molecule has 1 atom stereocenters. The topological polar surface area (TPSA) is 3.24 Å². The highest BCUT2D eigenvalue weighted by Gasteiger charge is 2.39. The minimum absolute atomic E-state index is 0.742. The molecule has 1 unspecified atom stereocenters.